The minimum atomic E-state index is -4.39. The fraction of sp³-hybridized carbons (Fsp3) is 0.0526. The average Bonchev–Trinajstić information content (AvgIpc) is 2.68. The second-order valence-electron chi connectivity index (χ2n) is 5.15. The van der Waals surface area contributed by atoms with Crippen molar-refractivity contribution in [1.29, 1.82) is 0 Å². The topological polar surface area (TPSA) is 59.9 Å². The fourth-order valence-corrected chi connectivity index (χ4v) is 2.38. The van der Waals surface area contributed by atoms with Crippen LogP contribution < -0.4 is 0 Å². The first-order chi connectivity index (χ1) is 12.8. The molecule has 0 spiro atoms. The van der Waals surface area contributed by atoms with Crippen LogP contribution in [0.4, 0.5) is 13.2 Å². The molecule has 8 heteroatoms. The molecule has 0 N–H and O–H groups in total. The summed E-state index contributed by atoms with van der Waals surface area (Å²) in [6, 6.07) is 14.6. The van der Waals surface area contributed by atoms with Crippen LogP contribution in [0.3, 0.4) is 0 Å². The number of carbonyl (C=O) groups is 2. The molecule has 3 aromatic rings. The molecule has 0 amide bonds. The van der Waals surface area contributed by atoms with E-state index in [1.165, 1.54) is 18.2 Å². The first-order valence-electron chi connectivity index (χ1n) is 7.51. The van der Waals surface area contributed by atoms with E-state index in [2.05, 4.69) is 25.9 Å². The van der Waals surface area contributed by atoms with Crippen LogP contribution in [0.25, 0.3) is 11.3 Å². The van der Waals surface area contributed by atoms with E-state index in [0.29, 0.717) is 34.1 Å². The third-order valence-electron chi connectivity index (χ3n) is 3.23. The summed E-state index contributed by atoms with van der Waals surface area (Å²) in [6.07, 6.45) is -3.12. The average molecular weight is 437 g/mol. The number of hydrogen-bond acceptors (Lipinski definition) is 4. The summed E-state index contributed by atoms with van der Waals surface area (Å²) in [7, 11) is 0. The summed E-state index contributed by atoms with van der Waals surface area (Å²) >= 11 is 3.13. The number of benzene rings is 1. The van der Waals surface area contributed by atoms with Gasteiger partial charge in [-0.15, -0.1) is 0 Å². The molecule has 4 nitrogen and oxygen atoms in total. The maximum atomic E-state index is 12.6. The monoisotopic (exact) mass is 436 g/mol. The third-order valence-corrected chi connectivity index (χ3v) is 3.68. The highest BCUT2D eigenvalue weighted by Crippen LogP contribution is 2.31. The van der Waals surface area contributed by atoms with E-state index in [0.717, 1.165) is 12.1 Å². The summed E-state index contributed by atoms with van der Waals surface area (Å²) in [5.74, 6) is 0. The highest BCUT2D eigenvalue weighted by molar-refractivity contribution is 9.10. The van der Waals surface area contributed by atoms with Gasteiger partial charge in [0.2, 0.25) is 0 Å². The predicted octanol–water partition coefficient (Wildman–Crippen LogP) is 5.24. The van der Waals surface area contributed by atoms with Gasteiger partial charge in [-0.2, -0.15) is 13.2 Å². The van der Waals surface area contributed by atoms with Crippen molar-refractivity contribution in [3.8, 4) is 11.3 Å². The van der Waals surface area contributed by atoms with Gasteiger partial charge in [0, 0.05) is 5.56 Å². The molecule has 27 heavy (non-hydrogen) atoms. The Morgan fingerprint density at radius 2 is 1.41 bits per heavy atom. The number of pyridine rings is 2. The van der Waals surface area contributed by atoms with Crippen LogP contribution in [0, 0.1) is 0 Å². The molecule has 0 aliphatic heterocycles. The Labute approximate surface area is 161 Å². The molecule has 138 valence electrons. The number of halogens is 4. The van der Waals surface area contributed by atoms with E-state index in [9.17, 15) is 22.8 Å². The lowest BCUT2D eigenvalue weighted by atomic mass is 10.1. The minimum Gasteiger partial charge on any atom is -0.296 e. The van der Waals surface area contributed by atoms with Gasteiger partial charge in [-0.25, -0.2) is 9.97 Å². The normalized spacial score (nSPS) is 10.5. The first-order valence-corrected chi connectivity index (χ1v) is 8.30. The van der Waals surface area contributed by atoms with Crippen molar-refractivity contribution in [2.75, 3.05) is 0 Å². The van der Waals surface area contributed by atoms with Crippen molar-refractivity contribution in [3.63, 3.8) is 0 Å². The standard InChI is InChI=1S/C13H8F3NO.C6H4BrNO/c14-13(15,16)10-4-1-3-9(7-10)12-6-2-5-11(8-18)17-12;7-6-3-1-2-5(4-9)8-6/h1-8H;1-4H. The molecule has 0 saturated heterocycles. The molecule has 0 unspecified atom stereocenters. The van der Waals surface area contributed by atoms with Crippen molar-refractivity contribution >= 4 is 28.5 Å². The van der Waals surface area contributed by atoms with E-state index in [1.54, 1.807) is 30.3 Å². The summed E-state index contributed by atoms with van der Waals surface area (Å²) in [5, 5.41) is 0. The van der Waals surface area contributed by atoms with Crippen LogP contribution in [-0.4, -0.2) is 22.5 Å². The highest BCUT2D eigenvalue weighted by Gasteiger charge is 2.30. The molecule has 0 radical (unpaired) electrons. The van der Waals surface area contributed by atoms with E-state index >= 15 is 0 Å². The molecule has 0 bridgehead atoms. The second kappa shape index (κ2) is 9.18. The molecule has 0 atom stereocenters. The smallest absolute Gasteiger partial charge is 0.296 e. The Morgan fingerprint density at radius 3 is 1.96 bits per heavy atom. The quantitative estimate of drug-likeness (QED) is 0.416. The van der Waals surface area contributed by atoms with E-state index in [4.69, 9.17) is 0 Å². The highest BCUT2D eigenvalue weighted by atomic mass is 79.9. The largest absolute Gasteiger partial charge is 0.416 e. The summed E-state index contributed by atoms with van der Waals surface area (Å²) in [5.41, 5.74) is 0.562. The van der Waals surface area contributed by atoms with Crippen LogP contribution >= 0.6 is 15.9 Å². The Kier molecular flexibility index (Phi) is 6.95. The van der Waals surface area contributed by atoms with Gasteiger partial charge >= 0.3 is 6.18 Å². The van der Waals surface area contributed by atoms with Crippen molar-refractivity contribution < 1.29 is 22.8 Å². The number of rotatable bonds is 3. The van der Waals surface area contributed by atoms with Crippen LogP contribution in [0.1, 0.15) is 26.5 Å². The zero-order chi connectivity index (χ0) is 19.9. The molecule has 2 heterocycles. The molecule has 1 aromatic carbocycles. The van der Waals surface area contributed by atoms with Crippen LogP contribution in [0.5, 0.6) is 0 Å². The summed E-state index contributed by atoms with van der Waals surface area (Å²) in [4.78, 5) is 28.4. The van der Waals surface area contributed by atoms with Gasteiger partial charge in [0.25, 0.3) is 0 Å². The molecule has 0 aliphatic rings. The van der Waals surface area contributed by atoms with Gasteiger partial charge in [0.1, 0.15) is 16.0 Å². The van der Waals surface area contributed by atoms with Crippen molar-refractivity contribution in [2.45, 2.75) is 6.18 Å². The van der Waals surface area contributed by atoms with Gasteiger partial charge in [0.05, 0.1) is 11.3 Å². The van der Waals surface area contributed by atoms with E-state index < -0.39 is 11.7 Å². The van der Waals surface area contributed by atoms with Crippen molar-refractivity contribution in [2.24, 2.45) is 0 Å². The Hall–Kier alpha value is -2.87. The Morgan fingerprint density at radius 1 is 0.815 bits per heavy atom. The minimum absolute atomic E-state index is 0.185. The van der Waals surface area contributed by atoms with Gasteiger partial charge < -0.3 is 0 Å². The lowest BCUT2D eigenvalue weighted by Gasteiger charge is -2.08. The number of nitrogens with zero attached hydrogens (tertiary/aromatic N) is 2. The second-order valence-corrected chi connectivity index (χ2v) is 5.96. The zero-order valence-electron chi connectivity index (χ0n) is 13.7. The predicted molar refractivity (Wildman–Crippen MR) is 97.4 cm³/mol. The third kappa shape index (κ3) is 6.10. The number of aromatic nitrogens is 2. The number of carbonyl (C=O) groups excluding carboxylic acids is 2. The van der Waals surface area contributed by atoms with E-state index in [1.807, 2.05) is 0 Å². The fourth-order valence-electron chi connectivity index (χ4n) is 2.02. The zero-order valence-corrected chi connectivity index (χ0v) is 15.2. The number of aldehydes is 2. The van der Waals surface area contributed by atoms with Gasteiger partial charge in [-0.1, -0.05) is 24.3 Å². The molecular formula is C19H12BrF3N2O2. The summed E-state index contributed by atoms with van der Waals surface area (Å²) in [6.45, 7) is 0. The van der Waals surface area contributed by atoms with E-state index in [-0.39, 0.29) is 5.69 Å². The maximum absolute atomic E-state index is 12.6. The van der Waals surface area contributed by atoms with Gasteiger partial charge in [-0.3, -0.25) is 9.59 Å². The maximum Gasteiger partial charge on any atom is 0.416 e. The molecule has 0 aliphatic carbocycles. The number of alkyl halides is 3. The van der Waals surface area contributed by atoms with Crippen LogP contribution in [-0.2, 0) is 6.18 Å². The van der Waals surface area contributed by atoms with Crippen molar-refractivity contribution in [1.82, 2.24) is 9.97 Å². The Balaban J connectivity index is 0.000000244. The van der Waals surface area contributed by atoms with Gasteiger partial charge in [0.15, 0.2) is 12.6 Å². The summed E-state index contributed by atoms with van der Waals surface area (Å²) < 4.78 is 38.3. The molecule has 0 saturated carbocycles. The lowest BCUT2D eigenvalue weighted by molar-refractivity contribution is -0.137. The van der Waals surface area contributed by atoms with Crippen LogP contribution in [0.15, 0.2) is 65.3 Å². The van der Waals surface area contributed by atoms with Crippen LogP contribution in [0.2, 0.25) is 0 Å². The molecule has 2 aromatic heterocycles. The number of hydrogen-bond donors (Lipinski definition) is 0. The molecule has 3 rings (SSSR count). The lowest BCUT2D eigenvalue weighted by Crippen LogP contribution is -2.04. The SMILES string of the molecule is O=Cc1cccc(-c2cccc(C(F)(F)F)c2)n1.O=Cc1cccc(Br)n1. The molecule has 0 fully saturated rings. The molecular weight excluding hydrogens is 425 g/mol. The van der Waals surface area contributed by atoms with Gasteiger partial charge in [-0.05, 0) is 52.3 Å². The van der Waals surface area contributed by atoms with Crippen molar-refractivity contribution in [3.05, 3.63) is 82.2 Å². The first kappa shape index (κ1) is 20.4. The Bertz CT molecular complexity index is 946.